The van der Waals surface area contributed by atoms with E-state index in [9.17, 15) is 28.8 Å². The molecule has 15 nitrogen and oxygen atoms in total. The number of aliphatic carboxylic acids is 3. The molecule has 2 unspecified atom stereocenters. The van der Waals surface area contributed by atoms with Crippen molar-refractivity contribution in [1.29, 1.82) is 0 Å². The number of carbonyl (C=O) groups is 7. The minimum absolute atomic E-state index is 0.0471. The van der Waals surface area contributed by atoms with Crippen molar-refractivity contribution in [3.05, 3.63) is 0 Å². The third kappa shape index (κ3) is 38.3. The molecular weight excluding hydrogens is 618 g/mol. The standard InChI is InChI=1S/C18H36O2.C13H21N3O8.CH2O2/c1-2-3-4-5-6-7-8-9-10-11-12-13-14-15-16-17-18(19)20;17-6-9(13(23)24)16-11(20)2-1-5-14-10(19)4-3-8(12(21)22)15-7-18;2-1-3/h2-17H2,1H3,(H,19,20);7-9,17H,1-6H2,(H,14,19)(H,15,18)(H,16,20)(H,21,22)(H,23,24);1H,(H,2,3). The first-order valence-electron chi connectivity index (χ1n) is 16.6. The van der Waals surface area contributed by atoms with Gasteiger partial charge >= 0.3 is 17.9 Å². The van der Waals surface area contributed by atoms with Crippen molar-refractivity contribution in [1.82, 2.24) is 16.0 Å². The fourth-order valence-corrected chi connectivity index (χ4v) is 4.30. The third-order valence-corrected chi connectivity index (χ3v) is 6.94. The van der Waals surface area contributed by atoms with Gasteiger partial charge < -0.3 is 41.5 Å². The maximum atomic E-state index is 11.5. The number of carbonyl (C=O) groups excluding carboxylic acids is 3. The van der Waals surface area contributed by atoms with Crippen LogP contribution in [0.15, 0.2) is 0 Å². The molecular formula is C32H59N3O12. The van der Waals surface area contributed by atoms with Gasteiger partial charge in [-0.2, -0.15) is 0 Å². The first-order valence-corrected chi connectivity index (χ1v) is 16.6. The van der Waals surface area contributed by atoms with E-state index in [-0.39, 0.29) is 45.1 Å². The SMILES string of the molecule is CCCCCCCCCCCCCCCCCC(=O)O.O=CNC(CCC(=O)NCCCC(=O)NC(CO)C(=O)O)C(=O)O.O=CO. The largest absolute Gasteiger partial charge is 0.483 e. The summed E-state index contributed by atoms with van der Waals surface area (Å²) in [5.74, 6) is -4.26. The molecule has 3 amide bonds. The van der Waals surface area contributed by atoms with Crippen LogP contribution in [0.2, 0.25) is 0 Å². The smallest absolute Gasteiger partial charge is 0.328 e. The van der Waals surface area contributed by atoms with E-state index in [1.165, 1.54) is 83.5 Å². The van der Waals surface area contributed by atoms with Gasteiger partial charge in [-0.15, -0.1) is 0 Å². The Labute approximate surface area is 278 Å². The normalized spacial score (nSPS) is 11.3. The van der Waals surface area contributed by atoms with Crippen molar-refractivity contribution >= 4 is 42.6 Å². The molecule has 0 aromatic rings. The zero-order valence-corrected chi connectivity index (χ0v) is 28.0. The molecule has 2 atom stereocenters. The first-order chi connectivity index (χ1) is 22.5. The summed E-state index contributed by atoms with van der Waals surface area (Å²) < 4.78 is 0. The Morgan fingerprint density at radius 1 is 0.617 bits per heavy atom. The maximum Gasteiger partial charge on any atom is 0.328 e. The summed E-state index contributed by atoms with van der Waals surface area (Å²) in [6.07, 6.45) is 20.4. The number of carboxylic acid groups (broad SMARTS) is 4. The Morgan fingerprint density at radius 2 is 1.06 bits per heavy atom. The van der Waals surface area contributed by atoms with Gasteiger partial charge in [0.1, 0.15) is 12.1 Å². The van der Waals surface area contributed by atoms with Gasteiger partial charge in [-0.25, -0.2) is 9.59 Å². The van der Waals surface area contributed by atoms with Crippen LogP contribution in [0.5, 0.6) is 0 Å². The van der Waals surface area contributed by atoms with Crippen LogP contribution in [0, 0.1) is 0 Å². The van der Waals surface area contributed by atoms with Crippen LogP contribution < -0.4 is 16.0 Å². The molecule has 0 saturated carbocycles. The summed E-state index contributed by atoms with van der Waals surface area (Å²) >= 11 is 0. The highest BCUT2D eigenvalue weighted by Crippen LogP contribution is 2.13. The van der Waals surface area contributed by atoms with E-state index in [0.717, 1.165) is 12.8 Å². The topological polar surface area (TPSA) is 257 Å². The molecule has 0 aliphatic rings. The van der Waals surface area contributed by atoms with Crippen LogP contribution in [0.4, 0.5) is 0 Å². The highest BCUT2D eigenvalue weighted by atomic mass is 16.4. The van der Waals surface area contributed by atoms with Crippen molar-refractivity contribution in [3.63, 3.8) is 0 Å². The van der Waals surface area contributed by atoms with Gasteiger partial charge in [0.25, 0.3) is 6.47 Å². The van der Waals surface area contributed by atoms with Crippen LogP contribution >= 0.6 is 0 Å². The maximum absolute atomic E-state index is 11.5. The van der Waals surface area contributed by atoms with E-state index in [1.807, 2.05) is 0 Å². The van der Waals surface area contributed by atoms with Crippen LogP contribution in [-0.4, -0.2) is 93.4 Å². The Kier molecular flexibility index (Phi) is 37.2. The van der Waals surface area contributed by atoms with Crippen LogP contribution in [0.25, 0.3) is 0 Å². The molecule has 0 aromatic carbocycles. The number of nitrogens with one attached hydrogen (secondary N) is 3. The summed E-state index contributed by atoms with van der Waals surface area (Å²) in [4.78, 5) is 73.2. The molecule has 0 aliphatic carbocycles. The van der Waals surface area contributed by atoms with Gasteiger partial charge in [0.05, 0.1) is 6.61 Å². The molecule has 0 rings (SSSR count). The molecule has 0 radical (unpaired) electrons. The van der Waals surface area contributed by atoms with Crippen molar-refractivity contribution in [2.24, 2.45) is 0 Å². The second-order valence-corrected chi connectivity index (χ2v) is 11.0. The number of amides is 3. The van der Waals surface area contributed by atoms with E-state index in [0.29, 0.717) is 6.42 Å². The Hall–Kier alpha value is -3.75. The number of hydrogen-bond donors (Lipinski definition) is 8. The number of carboxylic acids is 3. The van der Waals surface area contributed by atoms with Gasteiger partial charge in [0.2, 0.25) is 18.2 Å². The van der Waals surface area contributed by atoms with Gasteiger partial charge in [-0.3, -0.25) is 24.0 Å². The Balaban J connectivity index is -0.000000770. The van der Waals surface area contributed by atoms with Gasteiger partial charge in [0, 0.05) is 25.8 Å². The van der Waals surface area contributed by atoms with Crippen molar-refractivity contribution in [2.75, 3.05) is 13.2 Å². The highest BCUT2D eigenvalue weighted by Gasteiger charge is 2.19. The molecule has 8 N–H and O–H groups in total. The Bertz CT molecular complexity index is 842. The summed E-state index contributed by atoms with van der Waals surface area (Å²) in [5.41, 5.74) is 0. The number of aliphatic hydroxyl groups is 1. The molecule has 0 fully saturated rings. The second-order valence-electron chi connectivity index (χ2n) is 11.0. The van der Waals surface area contributed by atoms with Crippen molar-refractivity contribution in [3.8, 4) is 0 Å². The average Bonchev–Trinajstić information content (AvgIpc) is 3.02. The zero-order valence-electron chi connectivity index (χ0n) is 28.0. The van der Waals surface area contributed by atoms with Gasteiger partial charge in [-0.1, -0.05) is 96.8 Å². The molecule has 0 saturated heterocycles. The van der Waals surface area contributed by atoms with Gasteiger partial charge in [0.15, 0.2) is 0 Å². The average molecular weight is 678 g/mol. The van der Waals surface area contributed by atoms with E-state index in [2.05, 4.69) is 22.9 Å². The number of hydrogen-bond acceptors (Lipinski definition) is 8. The minimum Gasteiger partial charge on any atom is -0.483 e. The summed E-state index contributed by atoms with van der Waals surface area (Å²) in [5, 5.41) is 48.2. The molecule has 0 spiro atoms. The quantitative estimate of drug-likeness (QED) is 0.0418. The lowest BCUT2D eigenvalue weighted by Gasteiger charge is -2.12. The molecule has 0 bridgehead atoms. The highest BCUT2D eigenvalue weighted by molar-refractivity contribution is 5.83. The predicted molar refractivity (Wildman–Crippen MR) is 175 cm³/mol. The Morgan fingerprint density at radius 3 is 1.45 bits per heavy atom. The van der Waals surface area contributed by atoms with Crippen LogP contribution in [-0.2, 0) is 33.6 Å². The number of rotatable bonds is 29. The summed E-state index contributed by atoms with van der Waals surface area (Å²) in [6, 6.07) is -2.52. The van der Waals surface area contributed by atoms with E-state index in [1.54, 1.807) is 0 Å². The number of aliphatic hydroxyl groups excluding tert-OH is 1. The fraction of sp³-hybridized carbons (Fsp3) is 0.781. The second kappa shape index (κ2) is 36.7. The van der Waals surface area contributed by atoms with Crippen LogP contribution in [0.1, 0.15) is 135 Å². The monoisotopic (exact) mass is 677 g/mol. The molecule has 0 aliphatic heterocycles. The van der Waals surface area contributed by atoms with E-state index >= 15 is 0 Å². The summed E-state index contributed by atoms with van der Waals surface area (Å²) in [7, 11) is 0. The summed E-state index contributed by atoms with van der Waals surface area (Å²) in [6.45, 7) is 1.44. The van der Waals surface area contributed by atoms with E-state index < -0.39 is 48.4 Å². The van der Waals surface area contributed by atoms with Gasteiger partial charge in [-0.05, 0) is 19.3 Å². The lowest BCUT2D eigenvalue weighted by molar-refractivity contribution is -0.143. The first kappa shape index (κ1) is 47.7. The molecule has 15 heteroatoms. The van der Waals surface area contributed by atoms with Crippen LogP contribution in [0.3, 0.4) is 0 Å². The number of unbranched alkanes of at least 4 members (excludes halogenated alkanes) is 14. The predicted octanol–water partition coefficient (Wildman–Crippen LogP) is 3.46. The third-order valence-electron chi connectivity index (χ3n) is 6.94. The van der Waals surface area contributed by atoms with Crippen molar-refractivity contribution in [2.45, 2.75) is 147 Å². The lowest BCUT2D eigenvalue weighted by Crippen LogP contribution is -2.43. The lowest BCUT2D eigenvalue weighted by atomic mass is 10.0. The molecule has 274 valence electrons. The molecule has 0 aromatic heterocycles. The fourth-order valence-electron chi connectivity index (χ4n) is 4.30. The van der Waals surface area contributed by atoms with E-state index in [4.69, 9.17) is 30.3 Å². The molecule has 0 heterocycles. The minimum atomic E-state index is -1.37. The van der Waals surface area contributed by atoms with Crippen molar-refractivity contribution < 1.29 is 59.1 Å². The molecule has 47 heavy (non-hydrogen) atoms. The zero-order chi connectivity index (χ0) is 36.1.